The quantitative estimate of drug-likeness (QED) is 0.0904. The van der Waals surface area contributed by atoms with Crippen molar-refractivity contribution in [2.45, 2.75) is 32.6 Å². The summed E-state index contributed by atoms with van der Waals surface area (Å²) in [6.07, 6.45) is 4.90. The zero-order valence-corrected chi connectivity index (χ0v) is 21.3. The van der Waals surface area contributed by atoms with E-state index < -0.39 is 5.97 Å². The number of esters is 1. The lowest BCUT2D eigenvalue weighted by Gasteiger charge is -2.08. The van der Waals surface area contributed by atoms with Crippen LogP contribution in [0.3, 0.4) is 0 Å². The molecule has 0 aliphatic heterocycles. The van der Waals surface area contributed by atoms with Gasteiger partial charge in [-0.15, -0.1) is 0 Å². The van der Waals surface area contributed by atoms with E-state index in [1.54, 1.807) is 0 Å². The summed E-state index contributed by atoms with van der Waals surface area (Å²) in [5.41, 5.74) is 1.65. The Bertz CT molecular complexity index is 714. The van der Waals surface area contributed by atoms with Gasteiger partial charge in [-0.25, -0.2) is 4.85 Å². The van der Waals surface area contributed by atoms with Gasteiger partial charge in [0, 0.05) is 25.4 Å². The Kier molecular flexibility index (Phi) is 23.8. The maximum absolute atomic E-state index is 11.9. The van der Waals surface area contributed by atoms with Crippen molar-refractivity contribution >= 4 is 17.7 Å². The number of benzene rings is 1. The molecule has 0 atom stereocenters. The molecule has 1 aromatic carbocycles. The number of hydrogen-bond acceptors (Lipinski definition) is 9. The fourth-order valence-corrected chi connectivity index (χ4v) is 2.51. The fraction of sp³-hybridized carbons (Fsp3) is 0.615. The summed E-state index contributed by atoms with van der Waals surface area (Å²) in [7, 11) is 0. The van der Waals surface area contributed by atoms with Gasteiger partial charge in [0.25, 0.3) is 5.70 Å². The van der Waals surface area contributed by atoms with Gasteiger partial charge in [-0.3, -0.25) is 4.79 Å². The SMILES string of the molecule is OCCCCOCCO.[C-]#[N+]/C(=C\c1ccc(NCCOCCOCCO)cc1)C(=O)OCCCC. The number of carbonyl (C=O) groups excluding carboxylic acids is 1. The third-order valence-electron chi connectivity index (χ3n) is 4.39. The Balaban J connectivity index is 0.00000115. The highest BCUT2D eigenvalue weighted by Crippen LogP contribution is 2.14. The molecule has 0 radical (unpaired) electrons. The van der Waals surface area contributed by atoms with E-state index >= 15 is 0 Å². The number of carbonyl (C=O) groups is 1. The van der Waals surface area contributed by atoms with Crippen LogP contribution in [-0.2, 0) is 23.7 Å². The van der Waals surface area contributed by atoms with Crippen LogP contribution in [0.2, 0.25) is 0 Å². The van der Waals surface area contributed by atoms with Gasteiger partial charge in [-0.2, -0.15) is 0 Å². The molecule has 0 aliphatic rings. The molecule has 204 valence electrons. The van der Waals surface area contributed by atoms with Crippen LogP contribution in [0.15, 0.2) is 30.0 Å². The van der Waals surface area contributed by atoms with E-state index in [0.29, 0.717) is 52.8 Å². The number of unbranched alkanes of at least 4 members (excludes halogenated alkanes) is 2. The lowest BCUT2D eigenvalue weighted by atomic mass is 10.1. The molecular weight excluding hydrogens is 468 g/mol. The van der Waals surface area contributed by atoms with E-state index in [9.17, 15) is 4.79 Å². The summed E-state index contributed by atoms with van der Waals surface area (Å²) < 4.78 is 20.5. The summed E-state index contributed by atoms with van der Waals surface area (Å²) in [4.78, 5) is 15.1. The molecule has 0 saturated heterocycles. The molecule has 0 spiro atoms. The van der Waals surface area contributed by atoms with Gasteiger partial charge in [-0.1, -0.05) is 25.5 Å². The molecule has 0 aliphatic carbocycles. The Morgan fingerprint density at radius 2 is 1.50 bits per heavy atom. The van der Waals surface area contributed by atoms with Gasteiger partial charge in [0.2, 0.25) is 0 Å². The molecule has 0 saturated carbocycles. The molecule has 0 bridgehead atoms. The summed E-state index contributed by atoms with van der Waals surface area (Å²) >= 11 is 0. The van der Waals surface area contributed by atoms with Crippen molar-refractivity contribution in [1.82, 2.24) is 0 Å². The van der Waals surface area contributed by atoms with Crippen molar-refractivity contribution in [1.29, 1.82) is 0 Å². The van der Waals surface area contributed by atoms with Crippen molar-refractivity contribution in [2.75, 3.05) is 77.9 Å². The molecule has 0 unspecified atom stereocenters. The number of ether oxygens (including phenoxy) is 4. The maximum atomic E-state index is 11.9. The van der Waals surface area contributed by atoms with Crippen LogP contribution < -0.4 is 5.32 Å². The van der Waals surface area contributed by atoms with Crippen LogP contribution in [-0.4, -0.2) is 93.9 Å². The molecule has 1 rings (SSSR count). The summed E-state index contributed by atoms with van der Waals surface area (Å²) in [6.45, 7) is 13.3. The smallest absolute Gasteiger partial charge is 0.336 e. The van der Waals surface area contributed by atoms with Crippen molar-refractivity contribution in [2.24, 2.45) is 0 Å². The van der Waals surface area contributed by atoms with Crippen LogP contribution in [0, 0.1) is 6.57 Å². The van der Waals surface area contributed by atoms with Crippen molar-refractivity contribution in [3.63, 3.8) is 0 Å². The second-order valence-electron chi connectivity index (χ2n) is 7.39. The van der Waals surface area contributed by atoms with Gasteiger partial charge in [-0.05, 0) is 43.0 Å². The predicted octanol–water partition coefficient (Wildman–Crippen LogP) is 2.50. The number of nitrogens with one attached hydrogen (secondary N) is 1. The van der Waals surface area contributed by atoms with Crippen LogP contribution >= 0.6 is 0 Å². The van der Waals surface area contributed by atoms with Crippen LogP contribution in [0.1, 0.15) is 38.2 Å². The number of aliphatic hydroxyl groups excluding tert-OH is 3. The van der Waals surface area contributed by atoms with Gasteiger partial charge >= 0.3 is 5.97 Å². The number of anilines is 1. The fourth-order valence-electron chi connectivity index (χ4n) is 2.51. The highest BCUT2D eigenvalue weighted by atomic mass is 16.5. The molecule has 1 aromatic rings. The first-order chi connectivity index (χ1) is 17.6. The third kappa shape index (κ3) is 19.8. The molecule has 0 amide bonds. The minimum Gasteiger partial charge on any atom is -0.471 e. The predicted molar refractivity (Wildman–Crippen MR) is 138 cm³/mol. The van der Waals surface area contributed by atoms with E-state index in [4.69, 9.17) is 40.8 Å². The molecule has 4 N–H and O–H groups in total. The van der Waals surface area contributed by atoms with Gasteiger partial charge in [0.05, 0.1) is 59.4 Å². The molecular formula is C26H42N2O8. The first-order valence-electron chi connectivity index (χ1n) is 12.3. The number of rotatable bonds is 20. The Morgan fingerprint density at radius 1 is 0.861 bits per heavy atom. The Morgan fingerprint density at radius 3 is 2.08 bits per heavy atom. The average molecular weight is 511 g/mol. The standard InChI is InChI=1S/C20H28N2O5.C6H14O3/c1-3-4-11-27-20(24)19(21-2)16-17-5-7-18(8-6-17)22-9-12-25-14-15-26-13-10-23;7-3-1-2-5-9-6-4-8/h5-8,16,22-23H,3-4,9-15H2,1H3;7-8H,1-6H2/b19-16-;. The Hall–Kier alpha value is -2.52. The van der Waals surface area contributed by atoms with Crippen LogP contribution in [0.5, 0.6) is 0 Å². The second-order valence-corrected chi connectivity index (χ2v) is 7.39. The molecule has 36 heavy (non-hydrogen) atoms. The van der Waals surface area contributed by atoms with E-state index in [1.165, 1.54) is 6.08 Å². The third-order valence-corrected chi connectivity index (χ3v) is 4.39. The van der Waals surface area contributed by atoms with E-state index in [0.717, 1.165) is 36.9 Å². The zero-order valence-electron chi connectivity index (χ0n) is 21.3. The average Bonchev–Trinajstić information content (AvgIpc) is 2.90. The summed E-state index contributed by atoms with van der Waals surface area (Å²) in [6, 6.07) is 7.41. The largest absolute Gasteiger partial charge is 0.471 e. The first-order valence-corrected chi connectivity index (χ1v) is 12.3. The van der Waals surface area contributed by atoms with Gasteiger partial charge in [0.15, 0.2) is 0 Å². The first kappa shape index (κ1) is 33.5. The van der Waals surface area contributed by atoms with Crippen molar-refractivity contribution < 1.29 is 39.1 Å². The van der Waals surface area contributed by atoms with E-state index in [1.807, 2.05) is 31.2 Å². The number of aliphatic hydroxyl groups is 3. The van der Waals surface area contributed by atoms with Crippen molar-refractivity contribution in [3.8, 4) is 0 Å². The number of hydrogen-bond donors (Lipinski definition) is 4. The molecule has 10 nitrogen and oxygen atoms in total. The highest BCUT2D eigenvalue weighted by Gasteiger charge is 2.11. The van der Waals surface area contributed by atoms with E-state index in [-0.39, 0.29) is 25.5 Å². The number of nitrogens with zero attached hydrogens (tertiary/aromatic N) is 1. The van der Waals surface area contributed by atoms with E-state index in [2.05, 4.69) is 10.2 Å². The lowest BCUT2D eigenvalue weighted by molar-refractivity contribution is -0.138. The minimum absolute atomic E-state index is 0.0180. The van der Waals surface area contributed by atoms with Gasteiger partial charge < -0.3 is 39.6 Å². The van der Waals surface area contributed by atoms with Crippen LogP contribution in [0.4, 0.5) is 5.69 Å². The lowest BCUT2D eigenvalue weighted by Crippen LogP contribution is -2.13. The summed E-state index contributed by atoms with van der Waals surface area (Å²) in [5, 5.41) is 28.4. The van der Waals surface area contributed by atoms with Gasteiger partial charge in [0.1, 0.15) is 0 Å². The highest BCUT2D eigenvalue weighted by molar-refractivity contribution is 5.95. The topological polar surface area (TPSA) is 131 Å². The molecule has 0 aromatic heterocycles. The summed E-state index contributed by atoms with van der Waals surface area (Å²) in [5.74, 6) is -0.583. The Labute approximate surface area is 214 Å². The maximum Gasteiger partial charge on any atom is 0.336 e. The molecule has 10 heteroatoms. The monoisotopic (exact) mass is 510 g/mol. The molecule has 0 fully saturated rings. The van der Waals surface area contributed by atoms with Crippen molar-refractivity contribution in [3.05, 3.63) is 46.9 Å². The van der Waals surface area contributed by atoms with Crippen LogP contribution in [0.25, 0.3) is 10.9 Å². The second kappa shape index (κ2) is 25.6. The molecule has 0 heterocycles. The zero-order chi connectivity index (χ0) is 26.7. The normalized spacial score (nSPS) is 10.8. The minimum atomic E-state index is -0.583.